The van der Waals surface area contributed by atoms with Crippen molar-refractivity contribution in [3.8, 4) is 0 Å². The molecule has 3 nitrogen and oxygen atoms in total. The van der Waals surface area contributed by atoms with Gasteiger partial charge >= 0.3 is 0 Å². The molecule has 2 N–H and O–H groups in total. The van der Waals surface area contributed by atoms with E-state index >= 15 is 0 Å². The molecule has 15 heavy (non-hydrogen) atoms. The van der Waals surface area contributed by atoms with E-state index in [1.165, 1.54) is 0 Å². The van der Waals surface area contributed by atoms with Crippen LogP contribution in [0.1, 0.15) is 5.56 Å². The minimum Gasteiger partial charge on any atom is -0.396 e. The zero-order valence-electron chi connectivity index (χ0n) is 7.96. The van der Waals surface area contributed by atoms with Gasteiger partial charge < -0.3 is 10.1 Å². The number of aromatic nitrogens is 1. The maximum atomic E-state index is 11.5. The highest BCUT2D eigenvalue weighted by atomic mass is 35.5. The lowest BCUT2D eigenvalue weighted by molar-refractivity contribution is 0.299. The molecule has 0 spiro atoms. The summed E-state index contributed by atoms with van der Waals surface area (Å²) in [4.78, 5) is 14.3. The van der Waals surface area contributed by atoms with Gasteiger partial charge in [0.2, 0.25) is 0 Å². The van der Waals surface area contributed by atoms with Crippen molar-refractivity contribution in [2.75, 3.05) is 6.61 Å². The van der Waals surface area contributed by atoms with E-state index in [9.17, 15) is 4.79 Å². The molecule has 0 amide bonds. The number of aliphatic hydroxyl groups is 1. The molecule has 0 unspecified atom stereocenters. The van der Waals surface area contributed by atoms with Crippen LogP contribution in [0.5, 0.6) is 0 Å². The molecule has 1 heterocycles. The van der Waals surface area contributed by atoms with Crippen molar-refractivity contribution >= 4 is 22.5 Å². The van der Waals surface area contributed by atoms with E-state index in [1.54, 1.807) is 24.3 Å². The Labute approximate surface area is 91.3 Å². The number of fused-ring (bicyclic) bond motifs is 1. The van der Waals surface area contributed by atoms with Crippen molar-refractivity contribution in [1.29, 1.82) is 0 Å². The highest BCUT2D eigenvalue weighted by molar-refractivity contribution is 6.31. The monoisotopic (exact) mass is 223 g/mol. The Morgan fingerprint density at radius 2 is 2.13 bits per heavy atom. The SMILES string of the molecule is O=c1[nH]c2ccc(Cl)cc2cc1CCO. The molecule has 0 radical (unpaired) electrons. The van der Waals surface area contributed by atoms with Gasteiger partial charge in [0.15, 0.2) is 0 Å². The fourth-order valence-electron chi connectivity index (χ4n) is 1.53. The lowest BCUT2D eigenvalue weighted by Gasteiger charge is -2.01. The Hall–Kier alpha value is -1.32. The number of aliphatic hydroxyl groups excluding tert-OH is 1. The fraction of sp³-hybridized carbons (Fsp3) is 0.182. The fourth-order valence-corrected chi connectivity index (χ4v) is 1.71. The number of nitrogens with one attached hydrogen (secondary N) is 1. The number of hydrogen-bond donors (Lipinski definition) is 2. The summed E-state index contributed by atoms with van der Waals surface area (Å²) in [6.07, 6.45) is 0.359. The van der Waals surface area contributed by atoms with Gasteiger partial charge in [-0.2, -0.15) is 0 Å². The zero-order chi connectivity index (χ0) is 10.8. The second-order valence-electron chi connectivity index (χ2n) is 3.33. The zero-order valence-corrected chi connectivity index (χ0v) is 8.71. The first kappa shape index (κ1) is 10.2. The number of hydrogen-bond acceptors (Lipinski definition) is 2. The maximum absolute atomic E-state index is 11.5. The molecular weight excluding hydrogens is 214 g/mol. The second-order valence-corrected chi connectivity index (χ2v) is 3.77. The third-order valence-electron chi connectivity index (χ3n) is 2.26. The number of pyridine rings is 1. The first-order valence-electron chi connectivity index (χ1n) is 4.63. The molecule has 0 aliphatic heterocycles. The van der Waals surface area contributed by atoms with E-state index in [2.05, 4.69) is 4.98 Å². The van der Waals surface area contributed by atoms with Crippen molar-refractivity contribution in [1.82, 2.24) is 4.98 Å². The van der Waals surface area contributed by atoms with Gasteiger partial charge in [0.25, 0.3) is 5.56 Å². The largest absolute Gasteiger partial charge is 0.396 e. The third kappa shape index (κ3) is 2.03. The van der Waals surface area contributed by atoms with Crippen LogP contribution in [0, 0.1) is 0 Å². The quantitative estimate of drug-likeness (QED) is 0.815. The van der Waals surface area contributed by atoms with E-state index in [0.717, 1.165) is 10.9 Å². The third-order valence-corrected chi connectivity index (χ3v) is 2.50. The Balaban J connectivity index is 2.66. The number of benzene rings is 1. The summed E-state index contributed by atoms with van der Waals surface area (Å²) >= 11 is 5.85. The molecule has 0 aliphatic carbocycles. The van der Waals surface area contributed by atoms with Crippen LogP contribution in [0.4, 0.5) is 0 Å². The predicted octanol–water partition coefficient (Wildman–Crippen LogP) is 1.72. The maximum Gasteiger partial charge on any atom is 0.251 e. The number of H-pyrrole nitrogens is 1. The van der Waals surface area contributed by atoms with E-state index in [1.807, 2.05) is 0 Å². The minimum atomic E-state index is -0.154. The van der Waals surface area contributed by atoms with Crippen LogP contribution in [0.15, 0.2) is 29.1 Å². The lowest BCUT2D eigenvalue weighted by Crippen LogP contribution is -2.13. The van der Waals surface area contributed by atoms with Crippen molar-refractivity contribution in [3.05, 3.63) is 45.2 Å². The molecule has 0 fully saturated rings. The predicted molar refractivity (Wildman–Crippen MR) is 60.4 cm³/mol. The van der Waals surface area contributed by atoms with Crippen LogP contribution in [0.3, 0.4) is 0 Å². The van der Waals surface area contributed by atoms with Crippen molar-refractivity contribution in [2.24, 2.45) is 0 Å². The molecule has 4 heteroatoms. The molecule has 0 atom stereocenters. The van der Waals surface area contributed by atoms with Crippen molar-refractivity contribution in [2.45, 2.75) is 6.42 Å². The Morgan fingerprint density at radius 1 is 1.33 bits per heavy atom. The second kappa shape index (κ2) is 4.04. The van der Waals surface area contributed by atoms with Gasteiger partial charge in [-0.3, -0.25) is 4.79 Å². The van der Waals surface area contributed by atoms with Gasteiger partial charge in [-0.1, -0.05) is 11.6 Å². The van der Waals surface area contributed by atoms with Crippen molar-refractivity contribution in [3.63, 3.8) is 0 Å². The highest BCUT2D eigenvalue weighted by Gasteiger charge is 2.02. The molecular formula is C11H10ClNO2. The summed E-state index contributed by atoms with van der Waals surface area (Å²) in [5.74, 6) is 0. The Bertz CT molecular complexity index is 548. The van der Waals surface area contributed by atoms with Gasteiger partial charge in [-0.15, -0.1) is 0 Å². The van der Waals surface area contributed by atoms with Crippen LogP contribution < -0.4 is 5.56 Å². The molecule has 2 rings (SSSR count). The number of rotatable bonds is 2. The summed E-state index contributed by atoms with van der Waals surface area (Å²) in [6, 6.07) is 7.04. The van der Waals surface area contributed by atoms with Crippen LogP contribution in [-0.2, 0) is 6.42 Å². The molecule has 0 bridgehead atoms. The van der Waals surface area contributed by atoms with Gasteiger partial charge in [0.05, 0.1) is 0 Å². The van der Waals surface area contributed by atoms with Gasteiger partial charge in [0, 0.05) is 29.1 Å². The first-order chi connectivity index (χ1) is 7.20. The van der Waals surface area contributed by atoms with Gasteiger partial charge in [-0.05, 0) is 29.7 Å². The smallest absolute Gasteiger partial charge is 0.251 e. The van der Waals surface area contributed by atoms with Crippen LogP contribution in [-0.4, -0.2) is 16.7 Å². The van der Waals surface area contributed by atoms with E-state index in [-0.39, 0.29) is 12.2 Å². The van der Waals surface area contributed by atoms with Crippen LogP contribution in [0.2, 0.25) is 5.02 Å². The standard InChI is InChI=1S/C11H10ClNO2/c12-9-1-2-10-8(6-9)5-7(3-4-14)11(15)13-10/h1-2,5-6,14H,3-4H2,(H,13,15). The first-order valence-corrected chi connectivity index (χ1v) is 5.01. The Kier molecular flexibility index (Phi) is 2.75. The molecule has 2 aromatic rings. The van der Waals surface area contributed by atoms with E-state index in [0.29, 0.717) is 17.0 Å². The average Bonchev–Trinajstić information content (AvgIpc) is 2.20. The molecule has 0 saturated heterocycles. The highest BCUT2D eigenvalue weighted by Crippen LogP contribution is 2.17. The molecule has 0 aliphatic rings. The summed E-state index contributed by atoms with van der Waals surface area (Å²) < 4.78 is 0. The Morgan fingerprint density at radius 3 is 2.87 bits per heavy atom. The normalized spacial score (nSPS) is 10.8. The number of halogens is 1. The average molecular weight is 224 g/mol. The van der Waals surface area contributed by atoms with Gasteiger partial charge in [-0.25, -0.2) is 0 Å². The molecule has 1 aromatic carbocycles. The summed E-state index contributed by atoms with van der Waals surface area (Å²) in [7, 11) is 0. The molecule has 78 valence electrons. The van der Waals surface area contributed by atoms with E-state index < -0.39 is 0 Å². The lowest BCUT2D eigenvalue weighted by atomic mass is 10.1. The van der Waals surface area contributed by atoms with Crippen LogP contribution >= 0.6 is 11.6 Å². The number of aromatic amines is 1. The molecule has 1 aromatic heterocycles. The van der Waals surface area contributed by atoms with E-state index in [4.69, 9.17) is 16.7 Å². The van der Waals surface area contributed by atoms with Crippen LogP contribution in [0.25, 0.3) is 10.9 Å². The molecule has 0 saturated carbocycles. The van der Waals surface area contributed by atoms with Gasteiger partial charge in [0.1, 0.15) is 0 Å². The topological polar surface area (TPSA) is 53.1 Å². The minimum absolute atomic E-state index is 0.0326. The summed E-state index contributed by atoms with van der Waals surface area (Å²) in [5, 5.41) is 10.3. The summed E-state index contributed by atoms with van der Waals surface area (Å²) in [5.41, 5.74) is 1.18. The van der Waals surface area contributed by atoms with Crippen molar-refractivity contribution < 1.29 is 5.11 Å². The summed E-state index contributed by atoms with van der Waals surface area (Å²) in [6.45, 7) is -0.0326.